The van der Waals surface area contributed by atoms with E-state index in [2.05, 4.69) is 21.6 Å². The van der Waals surface area contributed by atoms with Crippen molar-refractivity contribution in [3.8, 4) is 17.0 Å². The lowest BCUT2D eigenvalue weighted by molar-refractivity contribution is 0.238. The summed E-state index contributed by atoms with van der Waals surface area (Å²) < 4.78 is 18.9. The van der Waals surface area contributed by atoms with Crippen LogP contribution in [0, 0.1) is 5.82 Å². The number of ether oxygens (including phenoxy) is 1. The van der Waals surface area contributed by atoms with Crippen LogP contribution in [0.15, 0.2) is 54.7 Å². The molecule has 0 spiro atoms. The standard InChI is InChI=1S/C19H18FN3O/c20-16-7-5-13(6-8-16)19-15(11-22-23-19)10-21-17-9-14-3-1-2-4-18(14)24-12-17/h1-8,11,17,21H,9-10,12H2,(H,22,23). The Morgan fingerprint density at radius 2 is 2.00 bits per heavy atom. The molecule has 5 heteroatoms. The quantitative estimate of drug-likeness (QED) is 0.774. The van der Waals surface area contributed by atoms with Gasteiger partial charge in [0.1, 0.15) is 18.2 Å². The van der Waals surface area contributed by atoms with Crippen molar-refractivity contribution in [2.75, 3.05) is 6.61 Å². The van der Waals surface area contributed by atoms with E-state index in [-0.39, 0.29) is 11.9 Å². The number of nitrogens with zero attached hydrogens (tertiary/aromatic N) is 1. The van der Waals surface area contributed by atoms with E-state index in [1.54, 1.807) is 12.1 Å². The highest BCUT2D eigenvalue weighted by Crippen LogP contribution is 2.25. The number of aromatic nitrogens is 2. The molecule has 2 N–H and O–H groups in total. The first-order valence-corrected chi connectivity index (χ1v) is 8.02. The highest BCUT2D eigenvalue weighted by molar-refractivity contribution is 5.62. The van der Waals surface area contributed by atoms with Crippen molar-refractivity contribution < 1.29 is 9.13 Å². The van der Waals surface area contributed by atoms with Crippen LogP contribution in [0.1, 0.15) is 11.1 Å². The van der Waals surface area contributed by atoms with Crippen LogP contribution in [-0.4, -0.2) is 22.8 Å². The molecule has 0 saturated carbocycles. The fraction of sp³-hybridized carbons (Fsp3) is 0.211. The number of fused-ring (bicyclic) bond motifs is 1. The molecule has 2 heterocycles. The molecule has 0 aliphatic carbocycles. The van der Waals surface area contributed by atoms with Crippen molar-refractivity contribution >= 4 is 0 Å². The molecule has 1 unspecified atom stereocenters. The van der Waals surface area contributed by atoms with Gasteiger partial charge in [-0.3, -0.25) is 5.10 Å². The number of rotatable bonds is 4. The Balaban J connectivity index is 1.44. The molecular formula is C19H18FN3O. The summed E-state index contributed by atoms with van der Waals surface area (Å²) in [6.07, 6.45) is 2.75. The minimum absolute atomic E-state index is 0.240. The van der Waals surface area contributed by atoms with Crippen LogP contribution in [0.3, 0.4) is 0 Å². The number of hydrogen-bond acceptors (Lipinski definition) is 3. The van der Waals surface area contributed by atoms with Crippen LogP contribution in [-0.2, 0) is 13.0 Å². The maximum atomic E-state index is 13.1. The molecule has 122 valence electrons. The van der Waals surface area contributed by atoms with Gasteiger partial charge in [0.25, 0.3) is 0 Å². The summed E-state index contributed by atoms with van der Waals surface area (Å²) in [6.45, 7) is 1.33. The average Bonchev–Trinajstić information content (AvgIpc) is 3.09. The van der Waals surface area contributed by atoms with Gasteiger partial charge in [0.05, 0.1) is 11.9 Å². The van der Waals surface area contributed by atoms with Crippen LogP contribution < -0.4 is 10.1 Å². The first-order chi connectivity index (χ1) is 11.8. The van der Waals surface area contributed by atoms with Gasteiger partial charge in [-0.25, -0.2) is 4.39 Å². The topological polar surface area (TPSA) is 49.9 Å². The molecule has 1 aliphatic heterocycles. The summed E-state index contributed by atoms with van der Waals surface area (Å²) in [5, 5.41) is 10.7. The molecular weight excluding hydrogens is 305 g/mol. The zero-order chi connectivity index (χ0) is 16.4. The monoisotopic (exact) mass is 323 g/mol. The van der Waals surface area contributed by atoms with Crippen LogP contribution in [0.4, 0.5) is 4.39 Å². The summed E-state index contributed by atoms with van der Waals surface area (Å²) in [7, 11) is 0. The highest BCUT2D eigenvalue weighted by Gasteiger charge is 2.19. The molecule has 4 nitrogen and oxygen atoms in total. The second-order valence-corrected chi connectivity index (χ2v) is 5.98. The predicted molar refractivity (Wildman–Crippen MR) is 90.3 cm³/mol. The fourth-order valence-corrected chi connectivity index (χ4v) is 3.03. The van der Waals surface area contributed by atoms with Gasteiger partial charge in [-0.05, 0) is 42.3 Å². The Hall–Kier alpha value is -2.66. The van der Waals surface area contributed by atoms with Crippen molar-refractivity contribution in [3.63, 3.8) is 0 Å². The largest absolute Gasteiger partial charge is 0.492 e. The van der Waals surface area contributed by atoms with E-state index in [0.717, 1.165) is 29.0 Å². The van der Waals surface area contributed by atoms with Crippen molar-refractivity contribution in [3.05, 3.63) is 71.7 Å². The third kappa shape index (κ3) is 3.03. The Morgan fingerprint density at radius 1 is 1.17 bits per heavy atom. The minimum Gasteiger partial charge on any atom is -0.492 e. The second kappa shape index (κ2) is 6.45. The zero-order valence-corrected chi connectivity index (χ0v) is 13.1. The maximum Gasteiger partial charge on any atom is 0.123 e. The number of halogens is 1. The number of nitrogens with one attached hydrogen (secondary N) is 2. The van der Waals surface area contributed by atoms with E-state index in [1.807, 2.05) is 24.4 Å². The first kappa shape index (κ1) is 14.9. The first-order valence-electron chi connectivity index (χ1n) is 8.02. The van der Waals surface area contributed by atoms with E-state index >= 15 is 0 Å². The van der Waals surface area contributed by atoms with Gasteiger partial charge in [-0.1, -0.05) is 18.2 Å². The Bertz CT molecular complexity index is 829. The lowest BCUT2D eigenvalue weighted by Gasteiger charge is -2.26. The molecule has 3 aromatic rings. The molecule has 0 saturated heterocycles. The summed E-state index contributed by atoms with van der Waals surface area (Å²) in [5.74, 6) is 0.738. The van der Waals surface area contributed by atoms with Crippen molar-refractivity contribution in [2.45, 2.75) is 19.0 Å². The predicted octanol–water partition coefficient (Wildman–Crippen LogP) is 3.31. The molecule has 0 radical (unpaired) electrons. The van der Waals surface area contributed by atoms with Crippen molar-refractivity contribution in [1.29, 1.82) is 0 Å². The lowest BCUT2D eigenvalue weighted by atomic mass is 10.0. The minimum atomic E-state index is -0.240. The second-order valence-electron chi connectivity index (χ2n) is 5.98. The Labute approximate surface area is 139 Å². The van der Waals surface area contributed by atoms with E-state index < -0.39 is 0 Å². The summed E-state index contributed by atoms with van der Waals surface area (Å²) in [5.41, 5.74) is 4.13. The molecule has 0 bridgehead atoms. The van der Waals surface area contributed by atoms with Gasteiger partial charge in [-0.15, -0.1) is 0 Å². The van der Waals surface area contributed by atoms with Crippen LogP contribution in [0.2, 0.25) is 0 Å². The average molecular weight is 323 g/mol. The normalized spacial score (nSPS) is 16.5. The SMILES string of the molecule is Fc1ccc(-c2[nH]ncc2CNC2COc3ccccc3C2)cc1. The zero-order valence-electron chi connectivity index (χ0n) is 13.1. The van der Waals surface area contributed by atoms with Gasteiger partial charge < -0.3 is 10.1 Å². The maximum absolute atomic E-state index is 13.1. The third-order valence-corrected chi connectivity index (χ3v) is 4.31. The molecule has 1 atom stereocenters. The summed E-state index contributed by atoms with van der Waals surface area (Å²) in [6, 6.07) is 14.8. The summed E-state index contributed by atoms with van der Waals surface area (Å²) in [4.78, 5) is 0. The molecule has 24 heavy (non-hydrogen) atoms. The van der Waals surface area contributed by atoms with Crippen LogP contribution >= 0.6 is 0 Å². The number of benzene rings is 2. The van der Waals surface area contributed by atoms with E-state index in [1.165, 1.54) is 17.7 Å². The van der Waals surface area contributed by atoms with Crippen molar-refractivity contribution in [2.24, 2.45) is 0 Å². The van der Waals surface area contributed by atoms with Gasteiger partial charge in [0, 0.05) is 23.7 Å². The molecule has 0 fully saturated rings. The number of hydrogen-bond donors (Lipinski definition) is 2. The van der Waals surface area contributed by atoms with Crippen molar-refractivity contribution in [1.82, 2.24) is 15.5 Å². The van der Waals surface area contributed by atoms with E-state index in [0.29, 0.717) is 13.2 Å². The van der Waals surface area contributed by atoms with E-state index in [9.17, 15) is 4.39 Å². The molecule has 4 rings (SSSR count). The summed E-state index contributed by atoms with van der Waals surface area (Å²) >= 11 is 0. The Morgan fingerprint density at radius 3 is 2.88 bits per heavy atom. The van der Waals surface area contributed by atoms with Crippen LogP contribution in [0.5, 0.6) is 5.75 Å². The molecule has 0 amide bonds. The van der Waals surface area contributed by atoms with Gasteiger partial charge in [0.15, 0.2) is 0 Å². The molecule has 1 aromatic heterocycles. The van der Waals surface area contributed by atoms with Gasteiger partial charge in [-0.2, -0.15) is 5.10 Å². The highest BCUT2D eigenvalue weighted by atomic mass is 19.1. The van der Waals surface area contributed by atoms with Gasteiger partial charge >= 0.3 is 0 Å². The molecule has 1 aliphatic rings. The third-order valence-electron chi connectivity index (χ3n) is 4.31. The molecule has 2 aromatic carbocycles. The van der Waals surface area contributed by atoms with Gasteiger partial charge in [0.2, 0.25) is 0 Å². The number of aromatic amines is 1. The number of H-pyrrole nitrogens is 1. The lowest BCUT2D eigenvalue weighted by Crippen LogP contribution is -2.38. The smallest absolute Gasteiger partial charge is 0.123 e. The van der Waals surface area contributed by atoms with E-state index in [4.69, 9.17) is 4.74 Å². The van der Waals surface area contributed by atoms with Crippen LogP contribution in [0.25, 0.3) is 11.3 Å². The fourth-order valence-electron chi connectivity index (χ4n) is 3.03. The Kier molecular flexibility index (Phi) is 4.01. The number of para-hydroxylation sites is 1.